The number of hydrogen-bond donors (Lipinski definition) is 0. The lowest BCUT2D eigenvalue weighted by Gasteiger charge is -2.31. The van der Waals surface area contributed by atoms with E-state index in [4.69, 9.17) is 0 Å². The first-order valence-corrected chi connectivity index (χ1v) is 21.1. The molecule has 292 valence electrons. The van der Waals surface area contributed by atoms with Crippen LogP contribution in [-0.2, 0) is 0 Å². The molecule has 1 aliphatic rings. The van der Waals surface area contributed by atoms with Crippen LogP contribution in [0.2, 0.25) is 0 Å². The lowest BCUT2D eigenvalue weighted by Crippen LogP contribution is -2.18. The van der Waals surface area contributed by atoms with Crippen LogP contribution in [0.1, 0.15) is 20.8 Å². The molecule has 10 rings (SSSR count). The summed E-state index contributed by atoms with van der Waals surface area (Å²) in [5.74, 6) is 0. The van der Waals surface area contributed by atoms with Crippen molar-refractivity contribution < 1.29 is 0 Å². The van der Waals surface area contributed by atoms with E-state index in [1.165, 1.54) is 60.1 Å². The zero-order valence-corrected chi connectivity index (χ0v) is 34.8. The van der Waals surface area contributed by atoms with Crippen LogP contribution < -0.4 is 9.80 Å². The molecule has 0 atom stereocenters. The minimum Gasteiger partial charge on any atom is -0.310 e. The number of para-hydroxylation sites is 1. The minimum absolute atomic E-state index is 1.09. The monoisotopic (exact) mass is 782 g/mol. The quantitative estimate of drug-likeness (QED) is 0.101. The molecule has 61 heavy (non-hydrogen) atoms. The Kier molecular flexibility index (Phi) is 9.75. The molecule has 0 unspecified atom stereocenters. The largest absolute Gasteiger partial charge is 0.310 e. The average Bonchev–Trinajstić information content (AvgIpc) is 3.64. The third kappa shape index (κ3) is 6.63. The van der Waals surface area contributed by atoms with Crippen LogP contribution in [0.4, 0.5) is 28.4 Å². The van der Waals surface area contributed by atoms with Crippen molar-refractivity contribution in [2.24, 2.45) is 0 Å². The number of nitrogens with zero attached hydrogens (tertiary/aromatic N) is 2. The Balaban J connectivity index is 1.04. The fourth-order valence-corrected chi connectivity index (χ4v) is 9.24. The lowest BCUT2D eigenvalue weighted by atomic mass is 9.97. The Labute approximate surface area is 359 Å². The highest BCUT2D eigenvalue weighted by molar-refractivity contribution is 6.19. The smallest absolute Gasteiger partial charge is 0.0540 e. The van der Waals surface area contributed by atoms with E-state index in [1.807, 2.05) is 12.2 Å². The fourth-order valence-electron chi connectivity index (χ4n) is 9.24. The number of benzene rings is 9. The molecule has 0 radical (unpaired) electrons. The van der Waals surface area contributed by atoms with Gasteiger partial charge < -0.3 is 9.80 Å². The second kappa shape index (κ2) is 15.8. The van der Waals surface area contributed by atoms with Crippen molar-refractivity contribution in [3.63, 3.8) is 0 Å². The van der Waals surface area contributed by atoms with Crippen molar-refractivity contribution >= 4 is 60.8 Å². The molecule has 9 aromatic rings. The van der Waals surface area contributed by atoms with Crippen LogP contribution in [0, 0.1) is 0 Å². The van der Waals surface area contributed by atoms with Gasteiger partial charge in [-0.15, -0.1) is 0 Å². The first-order chi connectivity index (χ1) is 30.0. The van der Waals surface area contributed by atoms with Crippen molar-refractivity contribution in [3.05, 3.63) is 236 Å². The van der Waals surface area contributed by atoms with Gasteiger partial charge in [0.05, 0.1) is 5.69 Å². The summed E-state index contributed by atoms with van der Waals surface area (Å²) in [6, 6.07) is 68.7. The van der Waals surface area contributed by atoms with Gasteiger partial charge in [-0.3, -0.25) is 0 Å². The van der Waals surface area contributed by atoms with Crippen LogP contribution in [0.15, 0.2) is 236 Å². The van der Waals surface area contributed by atoms with Gasteiger partial charge in [-0.25, -0.2) is 0 Å². The van der Waals surface area contributed by atoms with Crippen LogP contribution >= 0.6 is 0 Å². The van der Waals surface area contributed by atoms with E-state index in [-0.39, 0.29) is 0 Å². The van der Waals surface area contributed by atoms with Gasteiger partial charge in [0.1, 0.15) is 0 Å². The molecule has 0 aliphatic heterocycles. The summed E-state index contributed by atoms with van der Waals surface area (Å²) in [5, 5.41) is 7.55. The number of hydrogen-bond acceptors (Lipinski definition) is 2. The predicted octanol–water partition coefficient (Wildman–Crippen LogP) is 17.1. The third-order valence-corrected chi connectivity index (χ3v) is 12.1. The number of anilines is 5. The highest BCUT2D eigenvalue weighted by Gasteiger charge is 2.26. The van der Waals surface area contributed by atoms with Gasteiger partial charge in [-0.2, -0.15) is 0 Å². The Bertz CT molecular complexity index is 3190. The van der Waals surface area contributed by atoms with Crippen LogP contribution in [0.25, 0.3) is 65.7 Å². The van der Waals surface area contributed by atoms with Crippen molar-refractivity contribution in [3.8, 4) is 33.4 Å². The zero-order chi connectivity index (χ0) is 41.5. The van der Waals surface area contributed by atoms with E-state index in [0.717, 1.165) is 50.8 Å². The summed E-state index contributed by atoms with van der Waals surface area (Å²) in [5.41, 5.74) is 16.6. The molecule has 0 amide bonds. The molecule has 0 saturated heterocycles. The standard InChI is InChI=1S/C59H46N2/c1-5-7-19-49(40(3)4)57(6-2)61(58-38-37-55-53-22-14-13-21-52(53)54-23-15-24-56(58)59(54)55)47-33-29-42(30-34-47)41-27-31-46(32-28-41)60(45-17-9-8-10-18-45)48-35-36-51-44(39-48)26-25-43-16-11-12-20-50(43)51/h5-39H,1H2,2-4H3/b19-7-,57-6+. The summed E-state index contributed by atoms with van der Waals surface area (Å²) >= 11 is 0. The van der Waals surface area contributed by atoms with E-state index in [2.05, 4.69) is 237 Å². The molecule has 9 aromatic carbocycles. The molecule has 0 aromatic heterocycles. The zero-order valence-electron chi connectivity index (χ0n) is 34.8. The molecule has 0 heterocycles. The summed E-state index contributed by atoms with van der Waals surface area (Å²) in [7, 11) is 0. The summed E-state index contributed by atoms with van der Waals surface area (Å²) < 4.78 is 0. The van der Waals surface area contributed by atoms with Gasteiger partial charge in [-0.1, -0.05) is 170 Å². The SMILES string of the molecule is C=C/C=C\C(=C(C)C)/C(=C\C)N(c1ccc(-c2ccc(N(c3ccccc3)c3ccc4c(ccc5ccccc54)c3)cc2)cc1)c1ccc2c3c(cccc13)-c1ccccc1-2. The predicted molar refractivity (Wildman–Crippen MR) is 264 cm³/mol. The van der Waals surface area contributed by atoms with Crippen molar-refractivity contribution in [1.29, 1.82) is 0 Å². The number of rotatable bonds is 10. The van der Waals surface area contributed by atoms with Crippen LogP contribution in [0.5, 0.6) is 0 Å². The summed E-state index contributed by atoms with van der Waals surface area (Å²) in [6.07, 6.45) is 8.28. The molecule has 0 saturated carbocycles. The van der Waals surface area contributed by atoms with Crippen molar-refractivity contribution in [1.82, 2.24) is 0 Å². The van der Waals surface area contributed by atoms with Gasteiger partial charge in [0, 0.05) is 33.8 Å². The van der Waals surface area contributed by atoms with Crippen LogP contribution in [-0.4, -0.2) is 0 Å². The maximum absolute atomic E-state index is 3.98. The van der Waals surface area contributed by atoms with Crippen LogP contribution in [0.3, 0.4) is 0 Å². The Hall–Kier alpha value is -7.68. The highest BCUT2D eigenvalue weighted by Crippen LogP contribution is 2.51. The molecular weight excluding hydrogens is 737 g/mol. The molecule has 2 nitrogen and oxygen atoms in total. The first kappa shape index (κ1) is 37.6. The van der Waals surface area contributed by atoms with Crippen molar-refractivity contribution in [2.75, 3.05) is 9.80 Å². The maximum Gasteiger partial charge on any atom is 0.0540 e. The van der Waals surface area contributed by atoms with E-state index < -0.39 is 0 Å². The lowest BCUT2D eigenvalue weighted by molar-refractivity contribution is 1.15. The number of fused-ring (bicyclic) bond motifs is 6. The van der Waals surface area contributed by atoms with E-state index in [9.17, 15) is 0 Å². The summed E-state index contributed by atoms with van der Waals surface area (Å²) in [4.78, 5) is 4.77. The first-order valence-electron chi connectivity index (χ1n) is 21.1. The summed E-state index contributed by atoms with van der Waals surface area (Å²) in [6.45, 7) is 10.5. The normalized spacial score (nSPS) is 12.0. The second-order valence-corrected chi connectivity index (χ2v) is 15.9. The average molecular weight is 783 g/mol. The molecule has 1 aliphatic carbocycles. The minimum atomic E-state index is 1.09. The van der Waals surface area contributed by atoms with E-state index in [0.29, 0.717) is 0 Å². The van der Waals surface area contributed by atoms with Gasteiger partial charge in [0.25, 0.3) is 0 Å². The van der Waals surface area contributed by atoms with E-state index in [1.54, 1.807) is 0 Å². The van der Waals surface area contributed by atoms with Gasteiger partial charge in [0.15, 0.2) is 0 Å². The maximum atomic E-state index is 3.98. The highest BCUT2D eigenvalue weighted by atomic mass is 15.2. The fraction of sp³-hybridized carbons (Fsp3) is 0.0508. The second-order valence-electron chi connectivity index (χ2n) is 15.9. The molecule has 2 heteroatoms. The molecule has 0 spiro atoms. The van der Waals surface area contributed by atoms with E-state index >= 15 is 0 Å². The van der Waals surface area contributed by atoms with Gasteiger partial charge in [-0.05, 0) is 141 Å². The van der Waals surface area contributed by atoms with Crippen molar-refractivity contribution in [2.45, 2.75) is 20.8 Å². The Morgan fingerprint density at radius 2 is 1.05 bits per heavy atom. The molecular formula is C59H46N2. The third-order valence-electron chi connectivity index (χ3n) is 12.1. The molecule has 0 bridgehead atoms. The molecule has 0 N–H and O–H groups in total. The topological polar surface area (TPSA) is 6.48 Å². The molecule has 0 fully saturated rings. The van der Waals surface area contributed by atoms with Gasteiger partial charge in [0.2, 0.25) is 0 Å². The Morgan fingerprint density at radius 1 is 0.475 bits per heavy atom. The van der Waals surface area contributed by atoms with Gasteiger partial charge >= 0.3 is 0 Å². The Morgan fingerprint density at radius 3 is 1.75 bits per heavy atom. The number of allylic oxidation sites excluding steroid dienone is 5.